The second-order valence-corrected chi connectivity index (χ2v) is 6.90. The number of para-hydroxylation sites is 1. The quantitative estimate of drug-likeness (QED) is 0.919. The van der Waals surface area contributed by atoms with Crippen LogP contribution in [0, 0.1) is 0 Å². The largest absolute Gasteiger partial charge is 0.362 e. The Morgan fingerprint density at radius 2 is 2.16 bits per heavy atom. The van der Waals surface area contributed by atoms with Crippen LogP contribution in [0.4, 0.5) is 5.69 Å². The first-order valence-corrected chi connectivity index (χ1v) is 8.18. The van der Waals surface area contributed by atoms with Gasteiger partial charge >= 0.3 is 0 Å². The van der Waals surface area contributed by atoms with Gasteiger partial charge in [0.1, 0.15) is 0 Å². The van der Waals surface area contributed by atoms with E-state index in [1.807, 2.05) is 0 Å². The Morgan fingerprint density at radius 3 is 2.84 bits per heavy atom. The third-order valence-electron chi connectivity index (χ3n) is 3.64. The van der Waals surface area contributed by atoms with Crippen LogP contribution in [-0.4, -0.2) is 12.6 Å². The molecule has 1 aromatic carbocycles. The molecule has 0 saturated carbocycles. The van der Waals surface area contributed by atoms with Gasteiger partial charge in [0.05, 0.1) is 6.04 Å². The van der Waals surface area contributed by atoms with Crippen molar-refractivity contribution in [2.45, 2.75) is 25.4 Å². The van der Waals surface area contributed by atoms with Crippen LogP contribution < -0.4 is 10.6 Å². The summed E-state index contributed by atoms with van der Waals surface area (Å²) in [5.74, 6) is 0. The van der Waals surface area contributed by atoms with Gasteiger partial charge in [-0.05, 0) is 47.0 Å². The average Bonchev–Trinajstić information content (AvgIpc) is 2.98. The van der Waals surface area contributed by atoms with E-state index in [-0.39, 0.29) is 12.1 Å². The Morgan fingerprint density at radius 1 is 1.37 bits per heavy atom. The highest BCUT2D eigenvalue weighted by Gasteiger charge is 2.30. The van der Waals surface area contributed by atoms with E-state index >= 15 is 0 Å². The fourth-order valence-electron chi connectivity index (χ4n) is 2.83. The van der Waals surface area contributed by atoms with E-state index in [9.17, 15) is 0 Å². The summed E-state index contributed by atoms with van der Waals surface area (Å²) in [6.45, 7) is 3.15. The highest BCUT2D eigenvalue weighted by molar-refractivity contribution is 9.10. The maximum atomic E-state index is 6.26. The van der Waals surface area contributed by atoms with Gasteiger partial charge in [0.25, 0.3) is 0 Å². The van der Waals surface area contributed by atoms with E-state index in [1.54, 1.807) is 11.3 Å². The van der Waals surface area contributed by atoms with Gasteiger partial charge in [-0.15, -0.1) is 11.3 Å². The highest BCUT2D eigenvalue weighted by atomic mass is 79.9. The first kappa shape index (κ1) is 13.2. The molecule has 3 rings (SSSR count). The lowest BCUT2D eigenvalue weighted by molar-refractivity contribution is 0.549. The van der Waals surface area contributed by atoms with Crippen LogP contribution in [0.1, 0.15) is 23.4 Å². The molecule has 2 aromatic rings. The van der Waals surface area contributed by atoms with Crippen LogP contribution in [-0.2, 0) is 6.42 Å². The van der Waals surface area contributed by atoms with E-state index in [4.69, 9.17) is 5.73 Å². The van der Waals surface area contributed by atoms with Gasteiger partial charge in [-0.3, -0.25) is 0 Å². The molecule has 0 spiro atoms. The molecule has 2 heterocycles. The van der Waals surface area contributed by atoms with Gasteiger partial charge in [0, 0.05) is 33.0 Å². The summed E-state index contributed by atoms with van der Waals surface area (Å²) in [6, 6.07) is 11.2. The standard InChI is InChI=1S/C15H17BrN2S/c1-10(17)15(14-8-12(16)9-19-14)18-7-6-11-4-2-3-5-13(11)18/h2-5,8-10,15H,6-7,17H2,1H3. The number of halogens is 1. The monoisotopic (exact) mass is 336 g/mol. The van der Waals surface area contributed by atoms with Crippen molar-refractivity contribution >= 4 is 33.0 Å². The maximum absolute atomic E-state index is 6.26. The van der Waals surface area contributed by atoms with Crippen LogP contribution >= 0.6 is 27.3 Å². The van der Waals surface area contributed by atoms with Crippen molar-refractivity contribution < 1.29 is 0 Å². The van der Waals surface area contributed by atoms with Crippen molar-refractivity contribution in [1.82, 2.24) is 0 Å². The van der Waals surface area contributed by atoms with Gasteiger partial charge in [-0.1, -0.05) is 18.2 Å². The van der Waals surface area contributed by atoms with E-state index in [1.165, 1.54) is 16.1 Å². The Hall–Kier alpha value is -0.840. The van der Waals surface area contributed by atoms with E-state index in [0.29, 0.717) is 0 Å². The van der Waals surface area contributed by atoms with Gasteiger partial charge < -0.3 is 10.6 Å². The van der Waals surface area contributed by atoms with Crippen molar-refractivity contribution in [3.63, 3.8) is 0 Å². The topological polar surface area (TPSA) is 29.3 Å². The molecule has 0 amide bonds. The molecule has 100 valence electrons. The fourth-order valence-corrected chi connectivity index (χ4v) is 4.50. The Bertz CT molecular complexity index is 579. The first-order chi connectivity index (χ1) is 9.16. The van der Waals surface area contributed by atoms with E-state index in [0.717, 1.165) is 17.4 Å². The van der Waals surface area contributed by atoms with Gasteiger partial charge in [-0.2, -0.15) is 0 Å². The predicted octanol–water partition coefficient (Wildman–Crippen LogP) is 3.96. The molecule has 2 nitrogen and oxygen atoms in total. The second kappa shape index (κ2) is 5.27. The van der Waals surface area contributed by atoms with Crippen LogP contribution in [0.2, 0.25) is 0 Å². The number of nitrogens with two attached hydrogens (primary N) is 1. The molecule has 0 bridgehead atoms. The number of nitrogens with zero attached hydrogens (tertiary/aromatic N) is 1. The molecule has 1 aliphatic heterocycles. The van der Waals surface area contributed by atoms with E-state index in [2.05, 4.69) is 63.5 Å². The molecular formula is C15H17BrN2S. The van der Waals surface area contributed by atoms with Crippen molar-refractivity contribution in [3.8, 4) is 0 Å². The number of anilines is 1. The first-order valence-electron chi connectivity index (χ1n) is 6.51. The van der Waals surface area contributed by atoms with Crippen molar-refractivity contribution in [1.29, 1.82) is 0 Å². The molecule has 0 aliphatic carbocycles. The lowest BCUT2D eigenvalue weighted by Crippen LogP contribution is -2.38. The third kappa shape index (κ3) is 2.45. The zero-order chi connectivity index (χ0) is 13.4. The minimum absolute atomic E-state index is 0.108. The molecule has 4 heteroatoms. The summed E-state index contributed by atoms with van der Waals surface area (Å²) < 4.78 is 1.14. The number of rotatable bonds is 3. The second-order valence-electron chi connectivity index (χ2n) is 5.04. The normalized spacial score (nSPS) is 17.3. The van der Waals surface area contributed by atoms with Crippen LogP contribution in [0.15, 0.2) is 40.2 Å². The molecule has 0 radical (unpaired) electrons. The SMILES string of the molecule is CC(N)C(c1cc(Br)cs1)N1CCc2ccccc21. The molecule has 2 unspecified atom stereocenters. The molecule has 1 aliphatic rings. The Kier molecular flexibility index (Phi) is 3.65. The Balaban J connectivity index is 1.99. The van der Waals surface area contributed by atoms with Gasteiger partial charge in [0.15, 0.2) is 0 Å². The van der Waals surface area contributed by atoms with Gasteiger partial charge in [0.2, 0.25) is 0 Å². The van der Waals surface area contributed by atoms with Gasteiger partial charge in [-0.25, -0.2) is 0 Å². The van der Waals surface area contributed by atoms with Crippen molar-refractivity contribution in [3.05, 3.63) is 50.6 Å². The summed E-state index contributed by atoms with van der Waals surface area (Å²) in [7, 11) is 0. The minimum Gasteiger partial charge on any atom is -0.362 e. The van der Waals surface area contributed by atoms with Crippen LogP contribution in [0.25, 0.3) is 0 Å². The number of hydrogen-bond acceptors (Lipinski definition) is 3. The summed E-state index contributed by atoms with van der Waals surface area (Å²) >= 11 is 5.32. The molecule has 2 N–H and O–H groups in total. The molecule has 0 fully saturated rings. The number of thiophene rings is 1. The molecule has 0 saturated heterocycles. The smallest absolute Gasteiger partial charge is 0.0783 e. The molecule has 19 heavy (non-hydrogen) atoms. The molecule has 1 aromatic heterocycles. The number of fused-ring (bicyclic) bond motifs is 1. The fraction of sp³-hybridized carbons (Fsp3) is 0.333. The van der Waals surface area contributed by atoms with Crippen LogP contribution in [0.3, 0.4) is 0 Å². The molecular weight excluding hydrogens is 320 g/mol. The third-order valence-corrected chi connectivity index (χ3v) is 5.40. The predicted molar refractivity (Wildman–Crippen MR) is 85.9 cm³/mol. The summed E-state index contributed by atoms with van der Waals surface area (Å²) in [5.41, 5.74) is 9.04. The zero-order valence-electron chi connectivity index (χ0n) is 10.8. The zero-order valence-corrected chi connectivity index (χ0v) is 13.2. The summed E-state index contributed by atoms with van der Waals surface area (Å²) in [5, 5.41) is 2.13. The highest BCUT2D eigenvalue weighted by Crippen LogP contribution is 2.38. The summed E-state index contributed by atoms with van der Waals surface area (Å²) in [4.78, 5) is 3.79. The summed E-state index contributed by atoms with van der Waals surface area (Å²) in [6.07, 6.45) is 1.12. The van der Waals surface area contributed by atoms with E-state index < -0.39 is 0 Å². The Labute approximate surface area is 126 Å². The lowest BCUT2D eigenvalue weighted by Gasteiger charge is -2.32. The number of benzene rings is 1. The lowest BCUT2D eigenvalue weighted by atomic mass is 10.1. The van der Waals surface area contributed by atoms with Crippen LogP contribution in [0.5, 0.6) is 0 Å². The van der Waals surface area contributed by atoms with Crippen molar-refractivity contribution in [2.75, 3.05) is 11.4 Å². The average molecular weight is 337 g/mol. The number of hydrogen-bond donors (Lipinski definition) is 1. The maximum Gasteiger partial charge on any atom is 0.0783 e. The van der Waals surface area contributed by atoms with Crippen molar-refractivity contribution in [2.24, 2.45) is 5.73 Å². The minimum atomic E-state index is 0.108. The molecule has 2 atom stereocenters.